The molecule has 0 amide bonds. The highest BCUT2D eigenvalue weighted by Gasteiger charge is 2.20. The molecule has 0 fully saturated rings. The Labute approximate surface area is 127 Å². The molecule has 0 bridgehead atoms. The van der Waals surface area contributed by atoms with E-state index >= 15 is 0 Å². The number of aromatic nitrogens is 1. The smallest absolute Gasteiger partial charge is 0.265 e. The molecule has 0 spiro atoms. The molecule has 0 saturated carbocycles. The van der Waals surface area contributed by atoms with E-state index in [1.54, 1.807) is 30.5 Å². The first-order valence-corrected chi connectivity index (χ1v) is 7.57. The van der Waals surface area contributed by atoms with Crippen molar-refractivity contribution in [1.82, 2.24) is 4.98 Å². The van der Waals surface area contributed by atoms with Crippen molar-refractivity contribution in [3.8, 4) is 5.75 Å². The van der Waals surface area contributed by atoms with Crippen LogP contribution in [0.4, 0.5) is 5.69 Å². The third-order valence-corrected chi connectivity index (χ3v) is 4.22. The van der Waals surface area contributed by atoms with E-state index in [0.717, 1.165) is 0 Å². The lowest BCUT2D eigenvalue weighted by atomic mass is 10.3. The summed E-state index contributed by atoms with van der Waals surface area (Å²) in [6.45, 7) is 0. The Balaban J connectivity index is 0.00000200. The fourth-order valence-electron chi connectivity index (χ4n) is 1.49. The minimum Gasteiger partial charge on any atom is -0.495 e. The van der Waals surface area contributed by atoms with Gasteiger partial charge in [0.25, 0.3) is 10.0 Å². The van der Waals surface area contributed by atoms with Gasteiger partial charge < -0.3 is 4.74 Å². The van der Waals surface area contributed by atoms with E-state index in [9.17, 15) is 8.42 Å². The van der Waals surface area contributed by atoms with Gasteiger partial charge in [-0.1, -0.05) is 23.4 Å². The molecule has 0 aliphatic heterocycles. The Morgan fingerprint density at radius 1 is 1.30 bits per heavy atom. The lowest BCUT2D eigenvalue weighted by Gasteiger charge is -2.11. The zero-order valence-corrected chi connectivity index (χ0v) is 12.4. The zero-order chi connectivity index (χ0) is 13.9. The van der Waals surface area contributed by atoms with Crippen LogP contribution in [-0.4, -0.2) is 20.5 Å². The maximum absolute atomic E-state index is 12.3. The van der Waals surface area contributed by atoms with Gasteiger partial charge in [0.15, 0.2) is 0 Å². The molecular formula is C13H15BrN2O3S. The molecule has 1 aromatic carbocycles. The lowest BCUT2D eigenvalue weighted by molar-refractivity contribution is 0.403. The van der Waals surface area contributed by atoms with Crippen molar-refractivity contribution in [1.29, 1.82) is 0 Å². The molecule has 0 aliphatic rings. The average molecular weight is 359 g/mol. The molecule has 0 aliphatic carbocycles. The number of nitrogens with zero attached hydrogens (tertiary/aromatic N) is 1. The molecule has 1 aromatic heterocycles. The molecule has 2 aromatic rings. The summed E-state index contributed by atoms with van der Waals surface area (Å²) in [5.41, 5.74) is 0.393. The number of pyridine rings is 1. The number of halogens is 1. The van der Waals surface area contributed by atoms with E-state index in [0.29, 0.717) is 10.2 Å². The zero-order valence-electron chi connectivity index (χ0n) is 10.00. The summed E-state index contributed by atoms with van der Waals surface area (Å²) in [5, 5.41) is 0. The first-order chi connectivity index (χ1) is 9.03. The number of benzene rings is 1. The van der Waals surface area contributed by atoms with Crippen molar-refractivity contribution in [3.63, 3.8) is 0 Å². The van der Waals surface area contributed by atoms with E-state index in [-0.39, 0.29) is 18.1 Å². The van der Waals surface area contributed by atoms with E-state index < -0.39 is 10.0 Å². The van der Waals surface area contributed by atoms with Crippen molar-refractivity contribution in [3.05, 3.63) is 47.2 Å². The number of sulfonamides is 1. The number of methoxy groups -OCH3 is 1. The SMILES string of the molecule is C.COc1ccc(Br)cc1S(=O)(=O)Nc1cccnc1. The summed E-state index contributed by atoms with van der Waals surface area (Å²) in [5.74, 6) is 0.277. The highest BCUT2D eigenvalue weighted by molar-refractivity contribution is 9.10. The maximum atomic E-state index is 12.3. The van der Waals surface area contributed by atoms with Crippen LogP contribution in [0.25, 0.3) is 0 Å². The van der Waals surface area contributed by atoms with Crippen LogP contribution in [0.2, 0.25) is 0 Å². The largest absolute Gasteiger partial charge is 0.495 e. The second kappa shape index (κ2) is 6.71. The molecule has 0 radical (unpaired) electrons. The van der Waals surface area contributed by atoms with Gasteiger partial charge in [-0.3, -0.25) is 9.71 Å². The highest BCUT2D eigenvalue weighted by atomic mass is 79.9. The van der Waals surface area contributed by atoms with Gasteiger partial charge in [0.2, 0.25) is 0 Å². The molecule has 1 heterocycles. The van der Waals surface area contributed by atoms with Gasteiger partial charge in [-0.15, -0.1) is 0 Å². The molecule has 20 heavy (non-hydrogen) atoms. The van der Waals surface area contributed by atoms with Crippen LogP contribution < -0.4 is 9.46 Å². The molecule has 1 N–H and O–H groups in total. The number of ether oxygens (including phenoxy) is 1. The Bertz CT molecular complexity index is 675. The first kappa shape index (κ1) is 16.5. The van der Waals surface area contributed by atoms with Crippen LogP contribution in [0.1, 0.15) is 7.43 Å². The lowest BCUT2D eigenvalue weighted by Crippen LogP contribution is -2.14. The third-order valence-electron chi connectivity index (χ3n) is 2.33. The molecule has 108 valence electrons. The Morgan fingerprint density at radius 3 is 2.65 bits per heavy atom. The Morgan fingerprint density at radius 2 is 2.05 bits per heavy atom. The fourth-order valence-corrected chi connectivity index (χ4v) is 3.25. The number of hydrogen-bond donors (Lipinski definition) is 1. The van der Waals surface area contributed by atoms with E-state index in [4.69, 9.17) is 4.74 Å². The maximum Gasteiger partial charge on any atom is 0.265 e. The quantitative estimate of drug-likeness (QED) is 0.910. The minimum absolute atomic E-state index is 0. The second-order valence-electron chi connectivity index (χ2n) is 3.64. The summed E-state index contributed by atoms with van der Waals surface area (Å²) in [6.07, 6.45) is 3.00. The first-order valence-electron chi connectivity index (χ1n) is 5.29. The van der Waals surface area contributed by atoms with Gasteiger partial charge in [0.05, 0.1) is 19.0 Å². The van der Waals surface area contributed by atoms with Crippen LogP contribution in [0.5, 0.6) is 5.75 Å². The number of nitrogens with one attached hydrogen (secondary N) is 1. The van der Waals surface area contributed by atoms with Gasteiger partial charge in [-0.2, -0.15) is 0 Å². The topological polar surface area (TPSA) is 68.3 Å². The monoisotopic (exact) mass is 358 g/mol. The van der Waals surface area contributed by atoms with Crippen molar-refractivity contribution in [2.24, 2.45) is 0 Å². The molecule has 5 nitrogen and oxygen atoms in total. The summed E-state index contributed by atoms with van der Waals surface area (Å²) < 4.78 is 32.8. The third kappa shape index (κ3) is 3.71. The number of anilines is 1. The van der Waals surface area contributed by atoms with Crippen LogP contribution in [0.15, 0.2) is 52.1 Å². The predicted octanol–water partition coefficient (Wildman–Crippen LogP) is 3.29. The highest BCUT2D eigenvalue weighted by Crippen LogP contribution is 2.28. The Kier molecular flexibility index (Phi) is 5.52. The van der Waals surface area contributed by atoms with Crippen molar-refractivity contribution in [2.45, 2.75) is 12.3 Å². The molecule has 0 atom stereocenters. The van der Waals surface area contributed by atoms with Crippen molar-refractivity contribution >= 4 is 31.6 Å². The minimum atomic E-state index is -3.72. The van der Waals surface area contributed by atoms with Crippen LogP contribution in [0, 0.1) is 0 Å². The van der Waals surface area contributed by atoms with Crippen molar-refractivity contribution in [2.75, 3.05) is 11.8 Å². The van der Waals surface area contributed by atoms with Crippen LogP contribution in [-0.2, 0) is 10.0 Å². The van der Waals surface area contributed by atoms with Crippen LogP contribution in [0.3, 0.4) is 0 Å². The summed E-state index contributed by atoms with van der Waals surface area (Å²) in [6, 6.07) is 8.05. The van der Waals surface area contributed by atoms with E-state index in [2.05, 4.69) is 25.6 Å². The van der Waals surface area contributed by atoms with Gasteiger partial charge in [-0.25, -0.2) is 8.42 Å². The van der Waals surface area contributed by atoms with Crippen molar-refractivity contribution < 1.29 is 13.2 Å². The van der Waals surface area contributed by atoms with Crippen LogP contribution >= 0.6 is 15.9 Å². The summed E-state index contributed by atoms with van der Waals surface area (Å²) in [4.78, 5) is 3.92. The normalized spacial score (nSPS) is 10.5. The van der Waals surface area contributed by atoms with E-state index in [1.807, 2.05) is 0 Å². The summed E-state index contributed by atoms with van der Waals surface area (Å²) in [7, 11) is -2.30. The Hall–Kier alpha value is -1.60. The second-order valence-corrected chi connectivity index (χ2v) is 6.21. The fraction of sp³-hybridized carbons (Fsp3) is 0.154. The molecular weight excluding hydrogens is 344 g/mol. The average Bonchev–Trinajstić information content (AvgIpc) is 2.39. The molecule has 2 rings (SSSR count). The molecule has 7 heteroatoms. The summed E-state index contributed by atoms with van der Waals surface area (Å²) >= 11 is 3.24. The van der Waals surface area contributed by atoms with Gasteiger partial charge >= 0.3 is 0 Å². The van der Waals surface area contributed by atoms with Gasteiger partial charge in [0, 0.05) is 10.7 Å². The molecule has 0 saturated heterocycles. The van der Waals surface area contributed by atoms with Gasteiger partial charge in [-0.05, 0) is 30.3 Å². The van der Waals surface area contributed by atoms with Gasteiger partial charge in [0.1, 0.15) is 10.6 Å². The standard InChI is InChI=1S/C12H11BrN2O3S.CH4/c1-18-11-5-4-9(13)7-12(11)19(16,17)15-10-3-2-6-14-8-10;/h2-8,15H,1H3;1H4. The molecule has 0 unspecified atom stereocenters. The number of hydrogen-bond acceptors (Lipinski definition) is 4. The number of rotatable bonds is 4. The van der Waals surface area contributed by atoms with E-state index in [1.165, 1.54) is 19.4 Å². The predicted molar refractivity (Wildman–Crippen MR) is 82.5 cm³/mol.